The number of carboxylic acids is 1. The van der Waals surface area contributed by atoms with Crippen LogP contribution in [0, 0.1) is 5.82 Å². The van der Waals surface area contributed by atoms with Crippen molar-refractivity contribution in [2.24, 2.45) is 0 Å². The molecule has 0 saturated heterocycles. The van der Waals surface area contributed by atoms with E-state index in [9.17, 15) is 9.18 Å². The molecule has 1 rings (SSSR count). The lowest BCUT2D eigenvalue weighted by molar-refractivity contribution is 0.0690. The molecular weight excluding hydrogens is 219 g/mol. The molecule has 1 N–H and O–H groups in total. The lowest BCUT2D eigenvalue weighted by atomic mass is 10.1. The number of benzene rings is 1. The monoisotopic (exact) mass is 230 g/mol. The quantitative estimate of drug-likeness (QED) is 0.850. The number of carbonyl (C=O) groups is 1. The van der Waals surface area contributed by atoms with Crippen LogP contribution in [0.3, 0.4) is 0 Å². The van der Waals surface area contributed by atoms with Crippen LogP contribution in [-0.2, 0) is 0 Å². The Kier molecular flexibility index (Phi) is 3.55. The number of ether oxygens (including phenoxy) is 3. The maximum Gasteiger partial charge on any atom is 0.338 e. The second kappa shape index (κ2) is 4.69. The minimum Gasteiger partial charge on any atom is -0.493 e. The molecule has 5 nitrogen and oxygen atoms in total. The van der Waals surface area contributed by atoms with Crippen LogP contribution in [0.1, 0.15) is 10.4 Å². The van der Waals surface area contributed by atoms with E-state index in [1.807, 2.05) is 0 Å². The minimum absolute atomic E-state index is 0.0208. The van der Waals surface area contributed by atoms with Crippen LogP contribution >= 0.6 is 0 Å². The van der Waals surface area contributed by atoms with Crippen molar-refractivity contribution < 1.29 is 28.5 Å². The Morgan fingerprint density at radius 2 is 1.75 bits per heavy atom. The summed E-state index contributed by atoms with van der Waals surface area (Å²) >= 11 is 0. The first-order valence-corrected chi connectivity index (χ1v) is 4.28. The van der Waals surface area contributed by atoms with Gasteiger partial charge in [-0.2, -0.15) is 0 Å². The smallest absolute Gasteiger partial charge is 0.338 e. The van der Waals surface area contributed by atoms with E-state index in [2.05, 4.69) is 0 Å². The van der Waals surface area contributed by atoms with Crippen molar-refractivity contribution in [1.82, 2.24) is 0 Å². The van der Waals surface area contributed by atoms with Gasteiger partial charge in [-0.15, -0.1) is 0 Å². The largest absolute Gasteiger partial charge is 0.493 e. The molecule has 0 unspecified atom stereocenters. The molecule has 0 fully saturated rings. The van der Waals surface area contributed by atoms with Crippen LogP contribution in [0.25, 0.3) is 0 Å². The summed E-state index contributed by atoms with van der Waals surface area (Å²) in [6, 6.07) is 1.04. The Bertz CT molecular complexity index is 416. The Balaban J connectivity index is 3.54. The molecule has 0 aliphatic heterocycles. The van der Waals surface area contributed by atoms with E-state index in [0.717, 1.165) is 6.07 Å². The van der Waals surface area contributed by atoms with Crippen LogP contribution in [-0.4, -0.2) is 32.4 Å². The molecule has 0 heterocycles. The molecule has 0 radical (unpaired) electrons. The number of hydrogen-bond acceptors (Lipinski definition) is 4. The molecule has 1 aromatic rings. The second-order valence-electron chi connectivity index (χ2n) is 2.81. The van der Waals surface area contributed by atoms with Gasteiger partial charge in [0.15, 0.2) is 11.6 Å². The zero-order valence-electron chi connectivity index (χ0n) is 9.04. The molecule has 0 aromatic heterocycles. The summed E-state index contributed by atoms with van der Waals surface area (Å²) in [5, 5.41) is 8.78. The van der Waals surface area contributed by atoms with Gasteiger partial charge in [-0.1, -0.05) is 0 Å². The summed E-state index contributed by atoms with van der Waals surface area (Å²) < 4.78 is 28.2. The third-order valence-corrected chi connectivity index (χ3v) is 2.00. The minimum atomic E-state index is -1.41. The summed E-state index contributed by atoms with van der Waals surface area (Å²) in [7, 11) is 3.84. The first-order valence-electron chi connectivity index (χ1n) is 4.28. The van der Waals surface area contributed by atoms with Crippen molar-refractivity contribution >= 4 is 5.97 Å². The predicted molar refractivity (Wildman–Crippen MR) is 53.0 cm³/mol. The molecule has 16 heavy (non-hydrogen) atoms. The molecule has 0 bridgehead atoms. The summed E-state index contributed by atoms with van der Waals surface area (Å²) in [5.41, 5.74) is -0.533. The highest BCUT2D eigenvalue weighted by molar-refractivity contribution is 5.90. The fourth-order valence-electron chi connectivity index (χ4n) is 1.28. The van der Waals surface area contributed by atoms with Crippen molar-refractivity contribution in [3.63, 3.8) is 0 Å². The first kappa shape index (κ1) is 12.1. The van der Waals surface area contributed by atoms with Crippen LogP contribution in [0.4, 0.5) is 4.39 Å². The molecule has 0 saturated carbocycles. The van der Waals surface area contributed by atoms with Crippen LogP contribution in [0.2, 0.25) is 0 Å². The van der Waals surface area contributed by atoms with Gasteiger partial charge in [0.1, 0.15) is 5.56 Å². The number of rotatable bonds is 4. The Labute approximate surface area is 91.4 Å². The van der Waals surface area contributed by atoms with E-state index >= 15 is 0 Å². The van der Waals surface area contributed by atoms with Gasteiger partial charge >= 0.3 is 5.97 Å². The average Bonchev–Trinajstić information content (AvgIpc) is 2.27. The standard InChI is InChI=1S/C10H11FO5/c1-14-6-4-5(10(12)13)7(11)9(16-3)8(6)15-2/h4H,1-3H3,(H,12,13). The van der Waals surface area contributed by atoms with Gasteiger partial charge in [0.25, 0.3) is 0 Å². The highest BCUT2D eigenvalue weighted by Gasteiger charge is 2.23. The third kappa shape index (κ3) is 1.86. The van der Waals surface area contributed by atoms with E-state index in [1.54, 1.807) is 0 Å². The van der Waals surface area contributed by atoms with Crippen LogP contribution in [0.15, 0.2) is 6.07 Å². The Hall–Kier alpha value is -1.98. The van der Waals surface area contributed by atoms with Crippen molar-refractivity contribution in [3.8, 4) is 17.2 Å². The number of halogens is 1. The number of aromatic carboxylic acids is 1. The number of carboxylic acid groups (broad SMARTS) is 1. The molecular formula is C10H11FO5. The lowest BCUT2D eigenvalue weighted by Crippen LogP contribution is -2.05. The molecule has 0 atom stereocenters. The van der Waals surface area contributed by atoms with Crippen LogP contribution in [0.5, 0.6) is 17.2 Å². The molecule has 0 amide bonds. The first-order chi connectivity index (χ1) is 7.56. The summed E-state index contributed by atoms with van der Waals surface area (Å²) in [6.45, 7) is 0. The SMILES string of the molecule is COc1cc(C(=O)O)c(F)c(OC)c1OC. The molecule has 6 heteroatoms. The second-order valence-corrected chi connectivity index (χ2v) is 2.81. The number of hydrogen-bond donors (Lipinski definition) is 1. The zero-order chi connectivity index (χ0) is 12.3. The molecule has 0 aliphatic carbocycles. The fraction of sp³-hybridized carbons (Fsp3) is 0.300. The Morgan fingerprint density at radius 3 is 2.12 bits per heavy atom. The van der Waals surface area contributed by atoms with Crippen LogP contribution < -0.4 is 14.2 Å². The topological polar surface area (TPSA) is 65.0 Å². The van der Waals surface area contributed by atoms with E-state index in [1.165, 1.54) is 21.3 Å². The van der Waals surface area contributed by atoms with Gasteiger partial charge < -0.3 is 19.3 Å². The van der Waals surface area contributed by atoms with E-state index < -0.39 is 17.3 Å². The van der Waals surface area contributed by atoms with Gasteiger partial charge in [-0.3, -0.25) is 0 Å². The normalized spacial score (nSPS) is 9.75. The van der Waals surface area contributed by atoms with Crippen molar-refractivity contribution in [1.29, 1.82) is 0 Å². The fourth-order valence-corrected chi connectivity index (χ4v) is 1.28. The van der Waals surface area contributed by atoms with Gasteiger partial charge in [0.05, 0.1) is 21.3 Å². The van der Waals surface area contributed by atoms with Crippen molar-refractivity contribution in [3.05, 3.63) is 17.4 Å². The maximum absolute atomic E-state index is 13.6. The maximum atomic E-state index is 13.6. The summed E-state index contributed by atoms with van der Waals surface area (Å²) in [6.07, 6.45) is 0. The van der Waals surface area contributed by atoms with Gasteiger partial charge in [-0.05, 0) is 0 Å². The third-order valence-electron chi connectivity index (χ3n) is 2.00. The van der Waals surface area contributed by atoms with Gasteiger partial charge in [0.2, 0.25) is 11.5 Å². The van der Waals surface area contributed by atoms with Crippen molar-refractivity contribution in [2.75, 3.05) is 21.3 Å². The van der Waals surface area contributed by atoms with Crippen molar-refractivity contribution in [2.45, 2.75) is 0 Å². The highest BCUT2D eigenvalue weighted by atomic mass is 19.1. The molecule has 1 aromatic carbocycles. The number of methoxy groups -OCH3 is 3. The predicted octanol–water partition coefficient (Wildman–Crippen LogP) is 1.55. The highest BCUT2D eigenvalue weighted by Crippen LogP contribution is 2.40. The Morgan fingerprint density at radius 1 is 1.19 bits per heavy atom. The van der Waals surface area contributed by atoms with E-state index in [4.69, 9.17) is 19.3 Å². The molecule has 0 aliphatic rings. The molecule has 88 valence electrons. The summed E-state index contributed by atoms with van der Waals surface area (Å²) in [5.74, 6) is -2.57. The van der Waals surface area contributed by atoms with E-state index in [0.29, 0.717) is 0 Å². The van der Waals surface area contributed by atoms with E-state index in [-0.39, 0.29) is 17.2 Å². The van der Waals surface area contributed by atoms with Gasteiger partial charge in [-0.25, -0.2) is 9.18 Å². The molecule has 0 spiro atoms. The summed E-state index contributed by atoms with van der Waals surface area (Å²) in [4.78, 5) is 10.8. The zero-order valence-corrected chi connectivity index (χ0v) is 9.04. The lowest BCUT2D eigenvalue weighted by Gasteiger charge is -2.13. The van der Waals surface area contributed by atoms with Gasteiger partial charge in [0, 0.05) is 6.07 Å². The average molecular weight is 230 g/mol.